The standard InChI is InChI=1S/C34H52N2/c1-3-5-7-9-11-13-15-17-19-31-21-25-33(26-22-31)35-29-30-36-34-27-23-32(24-28-34)20-18-16-14-12-10-8-6-4-2/h21-30H,3-20H2,1-2H3. The second kappa shape index (κ2) is 20.9. The molecule has 0 aromatic heterocycles. The second-order valence-electron chi connectivity index (χ2n) is 10.3. The van der Waals surface area contributed by atoms with Crippen LogP contribution in [0.1, 0.15) is 128 Å². The molecule has 2 aromatic carbocycles. The Kier molecular flexibility index (Phi) is 17.4. The van der Waals surface area contributed by atoms with Crippen molar-refractivity contribution in [1.29, 1.82) is 0 Å². The Bertz CT molecular complexity index is 746. The minimum Gasteiger partial charge on any atom is -0.255 e. The molecule has 0 unspecified atom stereocenters. The molecular weight excluding hydrogens is 436 g/mol. The van der Waals surface area contributed by atoms with E-state index in [4.69, 9.17) is 0 Å². The lowest BCUT2D eigenvalue weighted by Crippen LogP contribution is -1.86. The van der Waals surface area contributed by atoms with Crippen molar-refractivity contribution in [3.63, 3.8) is 0 Å². The fourth-order valence-electron chi connectivity index (χ4n) is 4.66. The molecule has 36 heavy (non-hydrogen) atoms. The smallest absolute Gasteiger partial charge is 0.0630 e. The van der Waals surface area contributed by atoms with E-state index in [-0.39, 0.29) is 0 Å². The first-order chi connectivity index (χ1) is 17.8. The molecule has 0 amide bonds. The minimum atomic E-state index is 0.988. The zero-order valence-corrected chi connectivity index (χ0v) is 23.4. The van der Waals surface area contributed by atoms with Gasteiger partial charge in [-0.3, -0.25) is 9.98 Å². The topological polar surface area (TPSA) is 24.7 Å². The van der Waals surface area contributed by atoms with Crippen LogP contribution in [0, 0.1) is 0 Å². The van der Waals surface area contributed by atoms with E-state index < -0.39 is 0 Å². The molecule has 0 bridgehead atoms. The van der Waals surface area contributed by atoms with Crippen molar-refractivity contribution in [2.45, 2.75) is 129 Å². The summed E-state index contributed by atoms with van der Waals surface area (Å²) in [4.78, 5) is 9.06. The summed E-state index contributed by atoms with van der Waals surface area (Å²) >= 11 is 0. The molecular formula is C34H52N2. The first-order valence-corrected chi connectivity index (χ1v) is 15.1. The van der Waals surface area contributed by atoms with Gasteiger partial charge in [0.2, 0.25) is 0 Å². The molecule has 0 aliphatic rings. The number of aryl methyl sites for hydroxylation is 2. The van der Waals surface area contributed by atoms with Crippen LogP contribution in [0.2, 0.25) is 0 Å². The predicted octanol–water partition coefficient (Wildman–Crippen LogP) is 11.2. The molecule has 0 spiro atoms. The van der Waals surface area contributed by atoms with E-state index in [1.807, 2.05) is 0 Å². The van der Waals surface area contributed by atoms with Crippen molar-refractivity contribution in [1.82, 2.24) is 0 Å². The second-order valence-corrected chi connectivity index (χ2v) is 10.3. The third kappa shape index (κ3) is 15.0. The van der Waals surface area contributed by atoms with Gasteiger partial charge >= 0.3 is 0 Å². The maximum atomic E-state index is 4.53. The molecule has 0 aliphatic heterocycles. The SMILES string of the molecule is CCCCCCCCCCc1ccc(N=CC=Nc2ccc(CCCCCCCCCC)cc2)cc1. The van der Waals surface area contributed by atoms with Crippen LogP contribution >= 0.6 is 0 Å². The first-order valence-electron chi connectivity index (χ1n) is 15.1. The number of unbranched alkanes of at least 4 members (excludes halogenated alkanes) is 14. The molecule has 0 heterocycles. The van der Waals surface area contributed by atoms with Gasteiger partial charge in [0.15, 0.2) is 0 Å². The third-order valence-corrected chi connectivity index (χ3v) is 7.02. The Morgan fingerprint density at radius 3 is 1.06 bits per heavy atom. The van der Waals surface area contributed by atoms with Gasteiger partial charge in [0, 0.05) is 12.4 Å². The van der Waals surface area contributed by atoms with Crippen molar-refractivity contribution >= 4 is 23.8 Å². The largest absolute Gasteiger partial charge is 0.255 e. The van der Waals surface area contributed by atoms with E-state index in [0.29, 0.717) is 0 Å². The highest BCUT2D eigenvalue weighted by Gasteiger charge is 1.97. The Balaban J connectivity index is 1.58. The fourth-order valence-corrected chi connectivity index (χ4v) is 4.66. The van der Waals surface area contributed by atoms with E-state index in [9.17, 15) is 0 Å². The highest BCUT2D eigenvalue weighted by molar-refractivity contribution is 6.17. The molecule has 2 rings (SSSR count). The van der Waals surface area contributed by atoms with Crippen LogP contribution in [-0.4, -0.2) is 12.4 Å². The predicted molar refractivity (Wildman–Crippen MR) is 162 cm³/mol. The van der Waals surface area contributed by atoms with Crippen LogP contribution in [0.5, 0.6) is 0 Å². The van der Waals surface area contributed by atoms with Gasteiger partial charge in [-0.15, -0.1) is 0 Å². The van der Waals surface area contributed by atoms with Gasteiger partial charge in [0.1, 0.15) is 0 Å². The summed E-state index contributed by atoms with van der Waals surface area (Å²) in [5.74, 6) is 0. The van der Waals surface area contributed by atoms with E-state index >= 15 is 0 Å². The van der Waals surface area contributed by atoms with Crippen molar-refractivity contribution in [2.75, 3.05) is 0 Å². The Labute approximate surface area is 222 Å². The summed E-state index contributed by atoms with van der Waals surface area (Å²) in [5, 5.41) is 0. The lowest BCUT2D eigenvalue weighted by atomic mass is 10.0. The maximum absolute atomic E-state index is 4.53. The van der Waals surface area contributed by atoms with E-state index in [0.717, 1.165) is 11.4 Å². The number of aliphatic imine (C=N–C) groups is 2. The van der Waals surface area contributed by atoms with Crippen molar-refractivity contribution in [3.05, 3.63) is 59.7 Å². The van der Waals surface area contributed by atoms with E-state index in [1.54, 1.807) is 12.4 Å². The molecule has 0 fully saturated rings. The first kappa shape index (κ1) is 30.0. The van der Waals surface area contributed by atoms with Gasteiger partial charge in [0.25, 0.3) is 0 Å². The van der Waals surface area contributed by atoms with Gasteiger partial charge in [-0.2, -0.15) is 0 Å². The highest BCUT2D eigenvalue weighted by atomic mass is 14.8. The summed E-state index contributed by atoms with van der Waals surface area (Å²) in [6.07, 6.45) is 27.9. The zero-order chi connectivity index (χ0) is 25.5. The molecule has 0 atom stereocenters. The molecule has 2 aromatic rings. The molecule has 2 nitrogen and oxygen atoms in total. The minimum absolute atomic E-state index is 0.988. The number of hydrogen-bond acceptors (Lipinski definition) is 2. The molecule has 2 heteroatoms. The van der Waals surface area contributed by atoms with E-state index in [1.165, 1.54) is 127 Å². The van der Waals surface area contributed by atoms with Crippen molar-refractivity contribution < 1.29 is 0 Å². The van der Waals surface area contributed by atoms with Crippen LogP contribution in [0.3, 0.4) is 0 Å². The molecule has 198 valence electrons. The Morgan fingerprint density at radius 1 is 0.417 bits per heavy atom. The van der Waals surface area contributed by atoms with Gasteiger partial charge in [-0.05, 0) is 61.1 Å². The average molecular weight is 489 g/mol. The number of nitrogens with zero attached hydrogens (tertiary/aromatic N) is 2. The molecule has 0 saturated carbocycles. The zero-order valence-electron chi connectivity index (χ0n) is 23.4. The quantitative estimate of drug-likeness (QED) is 0.123. The highest BCUT2D eigenvalue weighted by Crippen LogP contribution is 2.17. The summed E-state index contributed by atoms with van der Waals surface area (Å²) in [7, 11) is 0. The van der Waals surface area contributed by atoms with Crippen LogP contribution in [0.25, 0.3) is 0 Å². The summed E-state index contributed by atoms with van der Waals surface area (Å²) in [6, 6.07) is 17.3. The summed E-state index contributed by atoms with van der Waals surface area (Å²) < 4.78 is 0. The maximum Gasteiger partial charge on any atom is 0.0630 e. The Morgan fingerprint density at radius 2 is 0.722 bits per heavy atom. The van der Waals surface area contributed by atoms with Gasteiger partial charge < -0.3 is 0 Å². The lowest BCUT2D eigenvalue weighted by Gasteiger charge is -2.03. The summed E-state index contributed by atoms with van der Waals surface area (Å²) in [6.45, 7) is 4.56. The molecule has 0 aliphatic carbocycles. The summed E-state index contributed by atoms with van der Waals surface area (Å²) in [5.41, 5.74) is 4.81. The number of hydrogen-bond donors (Lipinski definition) is 0. The van der Waals surface area contributed by atoms with Crippen molar-refractivity contribution in [3.8, 4) is 0 Å². The van der Waals surface area contributed by atoms with Crippen LogP contribution in [-0.2, 0) is 12.8 Å². The van der Waals surface area contributed by atoms with Crippen LogP contribution < -0.4 is 0 Å². The van der Waals surface area contributed by atoms with Crippen LogP contribution in [0.15, 0.2) is 58.5 Å². The average Bonchev–Trinajstić information content (AvgIpc) is 2.91. The lowest BCUT2D eigenvalue weighted by molar-refractivity contribution is 0.575. The monoisotopic (exact) mass is 488 g/mol. The van der Waals surface area contributed by atoms with Gasteiger partial charge in [0.05, 0.1) is 11.4 Å². The van der Waals surface area contributed by atoms with Gasteiger partial charge in [-0.25, -0.2) is 0 Å². The molecule has 0 radical (unpaired) electrons. The number of rotatable bonds is 21. The van der Waals surface area contributed by atoms with E-state index in [2.05, 4.69) is 72.4 Å². The van der Waals surface area contributed by atoms with Crippen molar-refractivity contribution in [2.24, 2.45) is 9.98 Å². The fraction of sp³-hybridized carbons (Fsp3) is 0.588. The van der Waals surface area contributed by atoms with Crippen LogP contribution in [0.4, 0.5) is 11.4 Å². The third-order valence-electron chi connectivity index (χ3n) is 7.02. The molecule has 0 saturated heterocycles. The normalized spacial score (nSPS) is 11.7. The number of benzene rings is 2. The Hall–Kier alpha value is -2.22. The van der Waals surface area contributed by atoms with Gasteiger partial charge in [-0.1, -0.05) is 128 Å². The molecule has 0 N–H and O–H groups in total.